The summed E-state index contributed by atoms with van der Waals surface area (Å²) in [6.45, 7) is 8.25. The van der Waals surface area contributed by atoms with E-state index in [0.29, 0.717) is 46.4 Å². The van der Waals surface area contributed by atoms with Gasteiger partial charge in [-0.2, -0.15) is 0 Å². The number of anilines is 2. The van der Waals surface area contributed by atoms with Gasteiger partial charge in [0, 0.05) is 28.1 Å². The van der Waals surface area contributed by atoms with Crippen molar-refractivity contribution in [2.45, 2.75) is 33.8 Å². The van der Waals surface area contributed by atoms with E-state index >= 15 is 0 Å². The van der Waals surface area contributed by atoms with Crippen molar-refractivity contribution in [3.63, 3.8) is 0 Å². The van der Waals surface area contributed by atoms with E-state index in [2.05, 4.69) is 20.3 Å². The van der Waals surface area contributed by atoms with Crippen molar-refractivity contribution in [3.05, 3.63) is 52.9 Å². The fraction of sp³-hybridized carbons (Fsp3) is 0.261. The molecule has 1 N–H and O–H groups in total. The van der Waals surface area contributed by atoms with Crippen LogP contribution in [-0.4, -0.2) is 27.7 Å². The van der Waals surface area contributed by atoms with Crippen LogP contribution in [0.2, 0.25) is 0 Å². The maximum Gasteiger partial charge on any atom is 0.163 e. The molecule has 0 bridgehead atoms. The Morgan fingerprint density at radius 3 is 2.68 bits per heavy atom. The molecule has 0 fully saturated rings. The largest absolute Gasteiger partial charge is 0.490 e. The zero-order chi connectivity index (χ0) is 22.0. The molecular formula is C23H23FN4O2S. The first-order valence-corrected chi connectivity index (χ1v) is 10.9. The molecule has 160 valence electrons. The normalized spacial score (nSPS) is 11.2. The van der Waals surface area contributed by atoms with Gasteiger partial charge >= 0.3 is 0 Å². The lowest BCUT2D eigenvalue weighted by Gasteiger charge is -2.16. The number of hydrogen-bond donors (Lipinski definition) is 1. The van der Waals surface area contributed by atoms with Gasteiger partial charge in [-0.3, -0.25) is 0 Å². The summed E-state index contributed by atoms with van der Waals surface area (Å²) in [5.74, 6) is 1.53. The summed E-state index contributed by atoms with van der Waals surface area (Å²) in [5, 5.41) is 6.79. The number of benzene rings is 2. The number of hydrogen-bond acceptors (Lipinski definition) is 7. The van der Waals surface area contributed by atoms with Crippen LogP contribution < -0.4 is 14.8 Å². The summed E-state index contributed by atoms with van der Waals surface area (Å²) in [5.41, 5.74) is 2.47. The SMILES string of the molecule is CCOc1cc2c(Nc3ccc(F)c(-c4csc(C)n4)c3)ncnc2cc1OC(C)C. The highest BCUT2D eigenvalue weighted by atomic mass is 32.1. The number of halogens is 1. The van der Waals surface area contributed by atoms with Crippen molar-refractivity contribution in [2.24, 2.45) is 0 Å². The third-order valence-electron chi connectivity index (χ3n) is 4.49. The molecule has 0 aliphatic carbocycles. The molecule has 8 heteroatoms. The zero-order valence-electron chi connectivity index (χ0n) is 17.8. The quantitative estimate of drug-likeness (QED) is 0.374. The predicted molar refractivity (Wildman–Crippen MR) is 122 cm³/mol. The van der Waals surface area contributed by atoms with Crippen LogP contribution >= 0.6 is 11.3 Å². The van der Waals surface area contributed by atoms with Gasteiger partial charge in [0.1, 0.15) is 18.0 Å². The molecule has 0 amide bonds. The molecule has 4 rings (SSSR count). The van der Waals surface area contributed by atoms with E-state index in [4.69, 9.17) is 9.47 Å². The van der Waals surface area contributed by atoms with E-state index < -0.39 is 0 Å². The zero-order valence-corrected chi connectivity index (χ0v) is 18.6. The first kappa shape index (κ1) is 21.0. The van der Waals surface area contributed by atoms with Gasteiger partial charge < -0.3 is 14.8 Å². The van der Waals surface area contributed by atoms with Crippen LogP contribution in [0.5, 0.6) is 11.5 Å². The fourth-order valence-corrected chi connectivity index (χ4v) is 3.81. The van der Waals surface area contributed by atoms with Crippen LogP contribution in [0.1, 0.15) is 25.8 Å². The Morgan fingerprint density at radius 2 is 1.97 bits per heavy atom. The Hall–Kier alpha value is -3.26. The lowest BCUT2D eigenvalue weighted by Crippen LogP contribution is -2.08. The first-order chi connectivity index (χ1) is 14.9. The number of thiazole rings is 1. The summed E-state index contributed by atoms with van der Waals surface area (Å²) in [6.07, 6.45) is 1.49. The number of nitrogens with one attached hydrogen (secondary N) is 1. The molecule has 0 radical (unpaired) electrons. The maximum absolute atomic E-state index is 14.4. The second kappa shape index (κ2) is 8.85. The van der Waals surface area contributed by atoms with Gasteiger partial charge in [0.2, 0.25) is 0 Å². The van der Waals surface area contributed by atoms with Gasteiger partial charge in [0.25, 0.3) is 0 Å². The third-order valence-corrected chi connectivity index (χ3v) is 5.26. The Labute approximate surface area is 184 Å². The number of aromatic nitrogens is 3. The molecule has 2 heterocycles. The van der Waals surface area contributed by atoms with Gasteiger partial charge in [0.05, 0.1) is 28.9 Å². The molecule has 0 aliphatic heterocycles. The van der Waals surface area contributed by atoms with Crippen molar-refractivity contribution in [1.82, 2.24) is 15.0 Å². The predicted octanol–water partition coefficient (Wildman–Crippen LogP) is 6.13. The molecule has 0 atom stereocenters. The van der Waals surface area contributed by atoms with Gasteiger partial charge in [-0.25, -0.2) is 19.3 Å². The highest BCUT2D eigenvalue weighted by Crippen LogP contribution is 2.36. The number of nitrogens with zero attached hydrogens (tertiary/aromatic N) is 3. The lowest BCUT2D eigenvalue weighted by molar-refractivity contribution is 0.224. The summed E-state index contributed by atoms with van der Waals surface area (Å²) in [4.78, 5) is 13.2. The smallest absolute Gasteiger partial charge is 0.163 e. The summed E-state index contributed by atoms with van der Waals surface area (Å²) in [6, 6.07) is 8.55. The third kappa shape index (κ3) is 4.59. The van der Waals surface area contributed by atoms with Crippen LogP contribution in [0.4, 0.5) is 15.9 Å². The minimum absolute atomic E-state index is 0.00285. The average Bonchev–Trinajstić information content (AvgIpc) is 3.16. The van der Waals surface area contributed by atoms with E-state index in [1.54, 1.807) is 12.1 Å². The first-order valence-electron chi connectivity index (χ1n) is 10.0. The Balaban J connectivity index is 1.74. The van der Waals surface area contributed by atoms with E-state index in [0.717, 1.165) is 10.4 Å². The highest BCUT2D eigenvalue weighted by molar-refractivity contribution is 7.09. The second-order valence-electron chi connectivity index (χ2n) is 7.21. The number of rotatable bonds is 7. The van der Waals surface area contributed by atoms with Crippen molar-refractivity contribution in [2.75, 3.05) is 11.9 Å². The van der Waals surface area contributed by atoms with Crippen molar-refractivity contribution >= 4 is 33.7 Å². The van der Waals surface area contributed by atoms with E-state index in [-0.39, 0.29) is 11.9 Å². The number of ether oxygens (including phenoxy) is 2. The van der Waals surface area contributed by atoms with Crippen LogP contribution in [-0.2, 0) is 0 Å². The average molecular weight is 439 g/mol. The van der Waals surface area contributed by atoms with E-state index in [1.807, 2.05) is 45.2 Å². The van der Waals surface area contributed by atoms with Crippen LogP contribution in [0.3, 0.4) is 0 Å². The van der Waals surface area contributed by atoms with Crippen molar-refractivity contribution < 1.29 is 13.9 Å². The number of fused-ring (bicyclic) bond motifs is 1. The Kier molecular flexibility index (Phi) is 5.99. The summed E-state index contributed by atoms with van der Waals surface area (Å²) < 4.78 is 26.1. The monoisotopic (exact) mass is 438 g/mol. The molecule has 2 aromatic carbocycles. The number of aryl methyl sites for hydroxylation is 1. The van der Waals surface area contributed by atoms with E-state index in [9.17, 15) is 4.39 Å². The second-order valence-corrected chi connectivity index (χ2v) is 8.27. The Morgan fingerprint density at radius 1 is 1.13 bits per heavy atom. The Bertz CT molecular complexity index is 1230. The van der Waals surface area contributed by atoms with Crippen LogP contribution in [0.25, 0.3) is 22.2 Å². The molecule has 31 heavy (non-hydrogen) atoms. The van der Waals surface area contributed by atoms with Crippen LogP contribution in [0.15, 0.2) is 42.0 Å². The molecule has 4 aromatic rings. The highest BCUT2D eigenvalue weighted by Gasteiger charge is 2.15. The molecular weight excluding hydrogens is 415 g/mol. The molecule has 6 nitrogen and oxygen atoms in total. The van der Waals surface area contributed by atoms with Gasteiger partial charge in [-0.05, 0) is 52.0 Å². The molecule has 0 unspecified atom stereocenters. The van der Waals surface area contributed by atoms with Crippen LogP contribution in [0, 0.1) is 12.7 Å². The van der Waals surface area contributed by atoms with Gasteiger partial charge in [0.15, 0.2) is 11.5 Å². The molecule has 2 aromatic heterocycles. The molecule has 0 spiro atoms. The molecule has 0 saturated heterocycles. The fourth-order valence-electron chi connectivity index (χ4n) is 3.20. The maximum atomic E-state index is 14.4. The standard InChI is InChI=1S/C23H23FN4O2S/c1-5-29-21-9-17-19(10-22(21)30-13(2)3)25-12-26-23(17)28-15-6-7-18(24)16(8-15)20-11-31-14(4)27-20/h6-13H,5H2,1-4H3,(H,25,26,28). The van der Waals surface area contributed by atoms with Crippen molar-refractivity contribution in [1.29, 1.82) is 0 Å². The summed E-state index contributed by atoms with van der Waals surface area (Å²) >= 11 is 1.49. The minimum Gasteiger partial charge on any atom is -0.490 e. The molecule has 0 aliphatic rings. The van der Waals surface area contributed by atoms with E-state index in [1.165, 1.54) is 23.7 Å². The van der Waals surface area contributed by atoms with Gasteiger partial charge in [-0.15, -0.1) is 11.3 Å². The van der Waals surface area contributed by atoms with Crippen molar-refractivity contribution in [3.8, 4) is 22.8 Å². The molecule has 0 saturated carbocycles. The topological polar surface area (TPSA) is 69.2 Å². The summed E-state index contributed by atoms with van der Waals surface area (Å²) in [7, 11) is 0. The lowest BCUT2D eigenvalue weighted by atomic mass is 10.1. The minimum atomic E-state index is -0.322. The van der Waals surface area contributed by atoms with Gasteiger partial charge in [-0.1, -0.05) is 0 Å².